The van der Waals surface area contributed by atoms with Crippen molar-refractivity contribution in [1.82, 2.24) is 0 Å². The minimum absolute atomic E-state index is 0.0542. The molecular weight excluding hydrogens is 262 g/mol. The monoisotopic (exact) mass is 275 g/mol. The molecule has 98 valence electrons. The second-order valence-corrected chi connectivity index (χ2v) is 5.32. The van der Waals surface area contributed by atoms with E-state index in [1.54, 1.807) is 36.4 Å². The smallest absolute Gasteiger partial charge is 0.269 e. The highest BCUT2D eigenvalue weighted by molar-refractivity contribution is 7.81. The fourth-order valence-corrected chi connectivity index (χ4v) is 2.16. The van der Waals surface area contributed by atoms with Gasteiger partial charge in [-0.2, -0.15) is 12.6 Å². The van der Waals surface area contributed by atoms with E-state index in [-0.39, 0.29) is 11.4 Å². The lowest BCUT2D eigenvalue weighted by atomic mass is 9.92. The predicted octanol–water partition coefficient (Wildman–Crippen LogP) is 3.49. The van der Waals surface area contributed by atoms with E-state index in [0.717, 1.165) is 11.1 Å². The molecule has 0 saturated carbocycles. The lowest BCUT2D eigenvalue weighted by Gasteiger charge is -2.24. The van der Waals surface area contributed by atoms with E-state index in [0.29, 0.717) is 0 Å². The summed E-state index contributed by atoms with van der Waals surface area (Å²) in [6, 6.07) is 13.1. The topological polar surface area (TPSA) is 63.4 Å². The fourth-order valence-electron chi connectivity index (χ4n) is 1.86. The average molecular weight is 275 g/mol. The van der Waals surface area contributed by atoms with Crippen molar-refractivity contribution in [3.8, 4) is 5.75 Å². The first-order valence-corrected chi connectivity index (χ1v) is 6.13. The first-order chi connectivity index (χ1) is 8.91. The Bertz CT molecular complexity index is 591. The molecule has 1 atom stereocenters. The molecule has 0 radical (unpaired) electrons. The third-order valence-corrected chi connectivity index (χ3v) is 3.59. The van der Waals surface area contributed by atoms with Gasteiger partial charge in [-0.25, -0.2) is 0 Å². The summed E-state index contributed by atoms with van der Waals surface area (Å²) < 4.78 is -0.581. The summed E-state index contributed by atoms with van der Waals surface area (Å²) in [5.74, 6) is 0.191. The molecule has 0 heterocycles. The van der Waals surface area contributed by atoms with E-state index in [4.69, 9.17) is 0 Å². The lowest BCUT2D eigenvalue weighted by molar-refractivity contribution is -0.384. The van der Waals surface area contributed by atoms with Gasteiger partial charge in [0.15, 0.2) is 0 Å². The van der Waals surface area contributed by atoms with Crippen LogP contribution in [0.25, 0.3) is 0 Å². The van der Waals surface area contributed by atoms with Crippen LogP contribution < -0.4 is 0 Å². The molecule has 0 spiro atoms. The molecule has 0 aliphatic heterocycles. The van der Waals surface area contributed by atoms with Crippen molar-refractivity contribution >= 4 is 18.3 Å². The normalized spacial score (nSPS) is 13.8. The molecule has 0 aliphatic carbocycles. The molecule has 0 amide bonds. The Morgan fingerprint density at radius 3 is 1.89 bits per heavy atom. The fraction of sp³-hybridized carbons (Fsp3) is 0.143. The van der Waals surface area contributed by atoms with Crippen LogP contribution in [0.15, 0.2) is 48.5 Å². The van der Waals surface area contributed by atoms with Crippen molar-refractivity contribution in [2.24, 2.45) is 0 Å². The van der Waals surface area contributed by atoms with Gasteiger partial charge in [-0.1, -0.05) is 24.3 Å². The van der Waals surface area contributed by atoms with Gasteiger partial charge in [0.2, 0.25) is 0 Å². The average Bonchev–Trinajstić information content (AvgIpc) is 2.39. The number of phenols is 1. The number of benzene rings is 2. The third-order valence-electron chi connectivity index (χ3n) is 3.07. The van der Waals surface area contributed by atoms with Crippen molar-refractivity contribution in [3.05, 3.63) is 69.8 Å². The van der Waals surface area contributed by atoms with Crippen LogP contribution in [-0.2, 0) is 4.75 Å². The molecule has 0 saturated heterocycles. The molecule has 5 heteroatoms. The van der Waals surface area contributed by atoms with E-state index >= 15 is 0 Å². The van der Waals surface area contributed by atoms with E-state index in [1.165, 1.54) is 12.1 Å². The molecule has 0 bridgehead atoms. The Morgan fingerprint density at radius 2 is 1.47 bits per heavy atom. The summed E-state index contributed by atoms with van der Waals surface area (Å²) >= 11 is 4.63. The van der Waals surface area contributed by atoms with Crippen molar-refractivity contribution in [2.75, 3.05) is 0 Å². The van der Waals surface area contributed by atoms with Crippen LogP contribution in [0, 0.1) is 10.1 Å². The van der Waals surface area contributed by atoms with Crippen molar-refractivity contribution < 1.29 is 10.0 Å². The molecule has 0 aromatic heterocycles. The van der Waals surface area contributed by atoms with Crippen LogP contribution in [0.1, 0.15) is 18.1 Å². The van der Waals surface area contributed by atoms with E-state index < -0.39 is 9.67 Å². The Labute approximate surface area is 116 Å². The highest BCUT2D eigenvalue weighted by Crippen LogP contribution is 2.36. The van der Waals surface area contributed by atoms with Crippen LogP contribution in [0.4, 0.5) is 5.69 Å². The Balaban J connectivity index is 2.38. The zero-order valence-electron chi connectivity index (χ0n) is 10.3. The van der Waals surface area contributed by atoms with Gasteiger partial charge < -0.3 is 5.11 Å². The maximum Gasteiger partial charge on any atom is 0.269 e. The second kappa shape index (κ2) is 4.93. The third kappa shape index (κ3) is 2.71. The quantitative estimate of drug-likeness (QED) is 0.512. The number of thiol groups is 1. The zero-order valence-corrected chi connectivity index (χ0v) is 11.2. The van der Waals surface area contributed by atoms with Gasteiger partial charge in [-0.15, -0.1) is 0 Å². The summed E-state index contributed by atoms with van der Waals surface area (Å²) in [5.41, 5.74) is 1.81. The zero-order chi connectivity index (χ0) is 14.0. The second-order valence-electron chi connectivity index (χ2n) is 4.42. The molecular formula is C14H13NO3S. The number of rotatable bonds is 3. The van der Waals surface area contributed by atoms with Gasteiger partial charge in [0.25, 0.3) is 5.69 Å². The minimum atomic E-state index is -0.581. The van der Waals surface area contributed by atoms with Gasteiger partial charge in [-0.05, 0) is 30.2 Å². The summed E-state index contributed by atoms with van der Waals surface area (Å²) in [4.78, 5) is 10.2. The maximum atomic E-state index is 10.6. The van der Waals surface area contributed by atoms with Crippen LogP contribution in [-0.4, -0.2) is 10.0 Å². The molecule has 19 heavy (non-hydrogen) atoms. The molecule has 1 unspecified atom stereocenters. The van der Waals surface area contributed by atoms with E-state index in [2.05, 4.69) is 12.6 Å². The number of phenolic OH excluding ortho intramolecular Hbond substituents is 1. The standard InChI is InChI=1S/C14H13NO3S/c1-14(19,11-4-8-13(16)9-5-11)10-2-6-12(7-3-10)15(17)18/h2-9,16,19H,1H3. The number of non-ortho nitro benzene ring substituents is 1. The van der Waals surface area contributed by atoms with Gasteiger partial charge in [-0.3, -0.25) is 10.1 Å². The van der Waals surface area contributed by atoms with E-state index in [9.17, 15) is 15.2 Å². The van der Waals surface area contributed by atoms with Gasteiger partial charge in [0, 0.05) is 12.1 Å². The number of aromatic hydroxyl groups is 1. The molecule has 0 fully saturated rings. The largest absolute Gasteiger partial charge is 0.508 e. The van der Waals surface area contributed by atoms with Crippen LogP contribution >= 0.6 is 12.6 Å². The highest BCUT2D eigenvalue weighted by atomic mass is 32.1. The summed E-state index contributed by atoms with van der Waals surface area (Å²) in [7, 11) is 0. The number of nitro benzene ring substituents is 1. The van der Waals surface area contributed by atoms with Crippen LogP contribution in [0.2, 0.25) is 0 Å². The Kier molecular flexibility index (Phi) is 3.48. The summed E-state index contributed by atoms with van der Waals surface area (Å²) in [6.07, 6.45) is 0. The predicted molar refractivity (Wildman–Crippen MR) is 76.6 cm³/mol. The number of nitro groups is 1. The SMILES string of the molecule is CC(S)(c1ccc(O)cc1)c1ccc([N+](=O)[O-])cc1. The van der Waals surface area contributed by atoms with Gasteiger partial charge in [0.05, 0.1) is 9.67 Å². The summed E-state index contributed by atoms with van der Waals surface area (Å²) in [6.45, 7) is 1.91. The molecule has 0 aliphatic rings. The first kappa shape index (κ1) is 13.4. The van der Waals surface area contributed by atoms with Gasteiger partial charge in [0.1, 0.15) is 5.75 Å². The minimum Gasteiger partial charge on any atom is -0.508 e. The van der Waals surface area contributed by atoms with Crippen molar-refractivity contribution in [1.29, 1.82) is 0 Å². The lowest BCUT2D eigenvalue weighted by Crippen LogP contribution is -2.15. The highest BCUT2D eigenvalue weighted by Gasteiger charge is 2.24. The van der Waals surface area contributed by atoms with Crippen LogP contribution in [0.3, 0.4) is 0 Å². The Hall–Kier alpha value is -2.01. The summed E-state index contributed by atoms with van der Waals surface area (Å²) in [5, 5.41) is 19.9. The number of nitrogens with zero attached hydrogens (tertiary/aromatic N) is 1. The molecule has 2 aromatic carbocycles. The van der Waals surface area contributed by atoms with E-state index in [1.807, 2.05) is 6.92 Å². The number of hydrogen-bond acceptors (Lipinski definition) is 4. The van der Waals surface area contributed by atoms with Crippen LogP contribution in [0.5, 0.6) is 5.75 Å². The van der Waals surface area contributed by atoms with Gasteiger partial charge >= 0.3 is 0 Å². The number of hydrogen-bond donors (Lipinski definition) is 2. The molecule has 2 aromatic rings. The first-order valence-electron chi connectivity index (χ1n) is 5.68. The maximum absolute atomic E-state index is 10.6. The van der Waals surface area contributed by atoms with Crippen molar-refractivity contribution in [3.63, 3.8) is 0 Å². The molecule has 2 rings (SSSR count). The van der Waals surface area contributed by atoms with Crippen molar-refractivity contribution in [2.45, 2.75) is 11.7 Å². The molecule has 4 nitrogen and oxygen atoms in total. The molecule has 1 N–H and O–H groups in total. The Morgan fingerprint density at radius 1 is 1.05 bits per heavy atom.